The highest BCUT2D eigenvalue weighted by Gasteiger charge is 2.32. The van der Waals surface area contributed by atoms with Gasteiger partial charge >= 0.3 is 0 Å². The van der Waals surface area contributed by atoms with Crippen LogP contribution in [-0.2, 0) is 16.1 Å². The highest BCUT2D eigenvalue weighted by molar-refractivity contribution is 5.77. The first-order chi connectivity index (χ1) is 13.5. The van der Waals surface area contributed by atoms with Crippen molar-refractivity contribution in [1.29, 1.82) is 0 Å². The number of hydrogen-bond donors (Lipinski definition) is 2. The zero-order chi connectivity index (χ0) is 19.9. The van der Waals surface area contributed by atoms with E-state index in [-0.39, 0.29) is 23.9 Å². The van der Waals surface area contributed by atoms with E-state index in [9.17, 15) is 9.59 Å². The van der Waals surface area contributed by atoms with Crippen molar-refractivity contribution >= 4 is 11.8 Å². The van der Waals surface area contributed by atoms with Crippen LogP contribution in [0.4, 0.5) is 0 Å². The molecule has 28 heavy (non-hydrogen) atoms. The zero-order valence-electron chi connectivity index (χ0n) is 17.1. The molecule has 2 aliphatic rings. The maximum absolute atomic E-state index is 12.5. The van der Waals surface area contributed by atoms with Crippen molar-refractivity contribution in [2.24, 2.45) is 0 Å². The Morgan fingerprint density at radius 2 is 1.79 bits per heavy atom. The number of pyridine rings is 1. The Labute approximate surface area is 167 Å². The van der Waals surface area contributed by atoms with Crippen molar-refractivity contribution in [1.82, 2.24) is 25.4 Å². The van der Waals surface area contributed by atoms with E-state index >= 15 is 0 Å². The Balaban J connectivity index is 1.36. The first kappa shape index (κ1) is 20.7. The Morgan fingerprint density at radius 3 is 2.46 bits per heavy atom. The molecule has 0 unspecified atom stereocenters. The molecule has 7 nitrogen and oxygen atoms in total. The Bertz CT molecular complexity index is 645. The van der Waals surface area contributed by atoms with E-state index in [0.717, 1.165) is 45.3 Å². The van der Waals surface area contributed by atoms with Gasteiger partial charge in [0.25, 0.3) is 0 Å². The molecule has 154 valence electrons. The SMILES string of the molecule is CC(=O)NC[C@H]1CC[C@@H](CC(=O)NC2CCN(Cc3ccncc3)CC2)N1C. The first-order valence-corrected chi connectivity index (χ1v) is 10.4. The topological polar surface area (TPSA) is 77.6 Å². The van der Waals surface area contributed by atoms with Gasteiger partial charge in [0, 0.05) is 70.0 Å². The zero-order valence-corrected chi connectivity index (χ0v) is 17.1. The van der Waals surface area contributed by atoms with E-state index in [1.165, 1.54) is 5.56 Å². The second kappa shape index (κ2) is 9.98. The van der Waals surface area contributed by atoms with Crippen molar-refractivity contribution in [2.75, 3.05) is 26.7 Å². The van der Waals surface area contributed by atoms with E-state index in [1.54, 1.807) is 6.92 Å². The predicted molar refractivity (Wildman–Crippen MR) is 109 cm³/mol. The third kappa shape index (κ3) is 6.01. The maximum Gasteiger partial charge on any atom is 0.221 e. The van der Waals surface area contributed by atoms with Crippen molar-refractivity contribution in [2.45, 2.75) is 63.7 Å². The standard InChI is InChI=1S/C21H33N5O2/c1-16(27)23-14-20-4-3-19(25(20)2)13-21(28)24-18-7-11-26(12-8-18)15-17-5-9-22-10-6-17/h5-6,9-10,18-20H,3-4,7-8,11-15H2,1-2H3,(H,23,27)(H,24,28)/t19-,20+/m0/s1. The van der Waals surface area contributed by atoms with Gasteiger partial charge in [-0.15, -0.1) is 0 Å². The molecule has 2 N–H and O–H groups in total. The third-order valence-corrected chi connectivity index (χ3v) is 6.10. The number of hydrogen-bond acceptors (Lipinski definition) is 5. The first-order valence-electron chi connectivity index (χ1n) is 10.4. The lowest BCUT2D eigenvalue weighted by Crippen LogP contribution is -2.46. The lowest BCUT2D eigenvalue weighted by atomic mass is 10.0. The fourth-order valence-corrected chi connectivity index (χ4v) is 4.33. The van der Waals surface area contributed by atoms with Crippen LogP contribution < -0.4 is 10.6 Å². The number of nitrogens with zero attached hydrogens (tertiary/aromatic N) is 3. The second-order valence-corrected chi connectivity index (χ2v) is 8.17. The van der Waals surface area contributed by atoms with Crippen LogP contribution in [-0.4, -0.2) is 71.4 Å². The van der Waals surface area contributed by atoms with Crippen LogP contribution in [0.15, 0.2) is 24.5 Å². The fourth-order valence-electron chi connectivity index (χ4n) is 4.33. The van der Waals surface area contributed by atoms with Gasteiger partial charge in [0.1, 0.15) is 0 Å². The number of aromatic nitrogens is 1. The summed E-state index contributed by atoms with van der Waals surface area (Å²) >= 11 is 0. The molecule has 2 atom stereocenters. The van der Waals surface area contributed by atoms with Crippen LogP contribution in [0.1, 0.15) is 44.6 Å². The van der Waals surface area contributed by atoms with Crippen molar-refractivity contribution < 1.29 is 9.59 Å². The average molecular weight is 388 g/mol. The molecular weight excluding hydrogens is 354 g/mol. The molecule has 0 radical (unpaired) electrons. The van der Waals surface area contributed by atoms with Crippen LogP contribution in [0.2, 0.25) is 0 Å². The molecular formula is C21H33N5O2. The lowest BCUT2D eigenvalue weighted by Gasteiger charge is -2.33. The van der Waals surface area contributed by atoms with Crippen LogP contribution in [0, 0.1) is 0 Å². The number of rotatable bonds is 7. The molecule has 1 aromatic rings. The van der Waals surface area contributed by atoms with Gasteiger partial charge in [-0.05, 0) is 50.4 Å². The molecule has 0 aliphatic carbocycles. The molecule has 2 fully saturated rings. The average Bonchev–Trinajstić information content (AvgIpc) is 3.02. The summed E-state index contributed by atoms with van der Waals surface area (Å²) in [4.78, 5) is 32.4. The third-order valence-electron chi connectivity index (χ3n) is 6.10. The fraction of sp³-hybridized carbons (Fsp3) is 0.667. The van der Waals surface area contributed by atoms with Gasteiger partial charge in [-0.25, -0.2) is 0 Å². The Kier molecular flexibility index (Phi) is 7.39. The van der Waals surface area contributed by atoms with E-state index in [4.69, 9.17) is 0 Å². The maximum atomic E-state index is 12.5. The number of carbonyl (C=O) groups excluding carboxylic acids is 2. The number of piperidine rings is 1. The highest BCUT2D eigenvalue weighted by Crippen LogP contribution is 2.24. The highest BCUT2D eigenvalue weighted by atomic mass is 16.2. The number of amides is 2. The van der Waals surface area contributed by atoms with Gasteiger partial charge < -0.3 is 10.6 Å². The summed E-state index contributed by atoms with van der Waals surface area (Å²) < 4.78 is 0. The van der Waals surface area contributed by atoms with Gasteiger partial charge in [0.15, 0.2) is 0 Å². The molecule has 3 rings (SSSR count). The number of likely N-dealkylation sites (N-methyl/N-ethyl adjacent to an activating group) is 1. The van der Waals surface area contributed by atoms with Gasteiger partial charge in [-0.3, -0.25) is 24.4 Å². The minimum absolute atomic E-state index is 0.00451. The van der Waals surface area contributed by atoms with Gasteiger partial charge in [-0.1, -0.05) is 0 Å². The Morgan fingerprint density at radius 1 is 1.11 bits per heavy atom. The molecule has 0 aromatic carbocycles. The van der Waals surface area contributed by atoms with Crippen molar-refractivity contribution in [3.05, 3.63) is 30.1 Å². The molecule has 2 amide bonds. The van der Waals surface area contributed by atoms with Crippen LogP contribution in [0.3, 0.4) is 0 Å². The summed E-state index contributed by atoms with van der Waals surface area (Å²) in [6, 6.07) is 5.00. The van der Waals surface area contributed by atoms with Crippen LogP contribution >= 0.6 is 0 Å². The van der Waals surface area contributed by atoms with Gasteiger partial charge in [0.05, 0.1) is 0 Å². The van der Waals surface area contributed by atoms with E-state index < -0.39 is 0 Å². The monoisotopic (exact) mass is 387 g/mol. The van der Waals surface area contributed by atoms with Crippen molar-refractivity contribution in [3.8, 4) is 0 Å². The molecule has 0 bridgehead atoms. The number of carbonyl (C=O) groups is 2. The largest absolute Gasteiger partial charge is 0.355 e. The quantitative estimate of drug-likeness (QED) is 0.734. The van der Waals surface area contributed by atoms with Crippen LogP contribution in [0.5, 0.6) is 0 Å². The molecule has 2 aliphatic heterocycles. The summed E-state index contributed by atoms with van der Waals surface area (Å²) in [6.07, 6.45) is 8.27. The smallest absolute Gasteiger partial charge is 0.221 e. The van der Waals surface area contributed by atoms with Crippen molar-refractivity contribution in [3.63, 3.8) is 0 Å². The van der Waals surface area contributed by atoms with E-state index in [2.05, 4.69) is 44.6 Å². The summed E-state index contributed by atoms with van der Waals surface area (Å²) in [5, 5.41) is 6.13. The van der Waals surface area contributed by atoms with E-state index in [1.807, 2.05) is 12.4 Å². The Hall–Kier alpha value is -1.99. The summed E-state index contributed by atoms with van der Waals surface area (Å²) in [6.45, 7) is 5.18. The molecule has 0 saturated carbocycles. The van der Waals surface area contributed by atoms with E-state index in [0.29, 0.717) is 19.0 Å². The van der Waals surface area contributed by atoms with Gasteiger partial charge in [-0.2, -0.15) is 0 Å². The normalized spacial score (nSPS) is 24.2. The lowest BCUT2D eigenvalue weighted by molar-refractivity contribution is -0.123. The molecule has 7 heteroatoms. The summed E-state index contributed by atoms with van der Waals surface area (Å²) in [5.41, 5.74) is 1.29. The predicted octanol–water partition coefficient (Wildman–Crippen LogP) is 1.15. The molecule has 3 heterocycles. The molecule has 2 saturated heterocycles. The number of likely N-dealkylation sites (tertiary alicyclic amines) is 2. The summed E-state index contributed by atoms with van der Waals surface area (Å²) in [5.74, 6) is 0.162. The second-order valence-electron chi connectivity index (χ2n) is 8.17. The van der Waals surface area contributed by atoms with Crippen LogP contribution in [0.25, 0.3) is 0 Å². The number of nitrogens with one attached hydrogen (secondary N) is 2. The molecule has 1 aromatic heterocycles. The van der Waals surface area contributed by atoms with Gasteiger partial charge in [0.2, 0.25) is 11.8 Å². The minimum Gasteiger partial charge on any atom is -0.355 e. The minimum atomic E-state index is 0.00451. The summed E-state index contributed by atoms with van der Waals surface area (Å²) in [7, 11) is 2.06. The molecule has 0 spiro atoms.